The van der Waals surface area contributed by atoms with Crippen molar-refractivity contribution in [3.05, 3.63) is 65.9 Å². The molecule has 4 rings (SSSR count). The van der Waals surface area contributed by atoms with E-state index in [-0.39, 0.29) is 5.41 Å². The van der Waals surface area contributed by atoms with E-state index in [0.717, 1.165) is 30.9 Å². The van der Waals surface area contributed by atoms with Gasteiger partial charge in [-0.05, 0) is 41.5 Å². The van der Waals surface area contributed by atoms with Crippen LogP contribution in [0.25, 0.3) is 0 Å². The first kappa shape index (κ1) is 17.5. The Morgan fingerprint density at radius 3 is 2.63 bits per heavy atom. The van der Waals surface area contributed by atoms with Gasteiger partial charge in [-0.1, -0.05) is 57.2 Å². The number of hydrogen-bond acceptors (Lipinski definition) is 5. The van der Waals surface area contributed by atoms with Crippen LogP contribution in [0.15, 0.2) is 54.7 Å². The van der Waals surface area contributed by atoms with Gasteiger partial charge in [-0.2, -0.15) is 10.1 Å². The van der Waals surface area contributed by atoms with Crippen molar-refractivity contribution in [1.82, 2.24) is 15.2 Å². The standard InChI is InChI=1S/C22H25N5/c1-22(2,3)17-11-5-6-12-18(17)24-21-25-20(15-23-26-21)27-14-8-10-16-9-4-7-13-19(16)27/h4-7,9,11-13,15H,8,10,14H2,1-3H3,(H,24,25,26). The molecule has 0 unspecified atom stereocenters. The molecular weight excluding hydrogens is 334 g/mol. The Labute approximate surface area is 160 Å². The van der Waals surface area contributed by atoms with E-state index in [1.165, 1.54) is 16.8 Å². The average Bonchev–Trinajstić information content (AvgIpc) is 2.67. The highest BCUT2D eigenvalue weighted by Gasteiger charge is 2.21. The maximum absolute atomic E-state index is 4.75. The first-order valence-electron chi connectivity index (χ1n) is 9.44. The summed E-state index contributed by atoms with van der Waals surface area (Å²) in [6, 6.07) is 16.8. The molecule has 0 saturated carbocycles. The molecule has 5 nitrogen and oxygen atoms in total. The minimum absolute atomic E-state index is 0.0282. The molecular formula is C22H25N5. The van der Waals surface area contributed by atoms with E-state index in [0.29, 0.717) is 5.95 Å². The summed E-state index contributed by atoms with van der Waals surface area (Å²) in [7, 11) is 0. The highest BCUT2D eigenvalue weighted by Crippen LogP contribution is 2.33. The number of benzene rings is 2. The number of aryl methyl sites for hydroxylation is 1. The third kappa shape index (κ3) is 3.63. The fraction of sp³-hybridized carbons (Fsp3) is 0.318. The fourth-order valence-corrected chi connectivity index (χ4v) is 3.62. The van der Waals surface area contributed by atoms with Crippen molar-refractivity contribution in [3.8, 4) is 0 Å². The second-order valence-electron chi connectivity index (χ2n) is 7.94. The molecule has 0 radical (unpaired) electrons. The molecule has 0 bridgehead atoms. The van der Waals surface area contributed by atoms with Crippen LogP contribution in [0.1, 0.15) is 38.3 Å². The third-order valence-corrected chi connectivity index (χ3v) is 4.91. The number of rotatable bonds is 3. The number of nitrogens with one attached hydrogen (secondary N) is 1. The summed E-state index contributed by atoms with van der Waals surface area (Å²) in [5.74, 6) is 1.35. The molecule has 1 aromatic heterocycles. The van der Waals surface area contributed by atoms with Gasteiger partial charge in [0.2, 0.25) is 5.95 Å². The molecule has 1 aliphatic heterocycles. The Kier molecular flexibility index (Phi) is 4.52. The number of nitrogens with zero attached hydrogens (tertiary/aromatic N) is 4. The quantitative estimate of drug-likeness (QED) is 0.713. The van der Waals surface area contributed by atoms with Gasteiger partial charge in [-0.25, -0.2) is 0 Å². The molecule has 2 aromatic carbocycles. The van der Waals surface area contributed by atoms with Gasteiger partial charge in [-0.3, -0.25) is 0 Å². The summed E-state index contributed by atoms with van der Waals surface area (Å²) >= 11 is 0. The maximum Gasteiger partial charge on any atom is 0.249 e. The Bertz CT molecular complexity index is 945. The predicted molar refractivity (Wildman–Crippen MR) is 110 cm³/mol. The molecule has 27 heavy (non-hydrogen) atoms. The van der Waals surface area contributed by atoms with Crippen LogP contribution >= 0.6 is 0 Å². The van der Waals surface area contributed by atoms with Crippen molar-refractivity contribution < 1.29 is 0 Å². The normalized spacial score (nSPS) is 14.0. The summed E-state index contributed by atoms with van der Waals surface area (Å²) in [6.07, 6.45) is 3.95. The van der Waals surface area contributed by atoms with Gasteiger partial charge in [0.05, 0.1) is 6.20 Å². The van der Waals surface area contributed by atoms with Gasteiger partial charge in [0.25, 0.3) is 0 Å². The summed E-state index contributed by atoms with van der Waals surface area (Å²) in [5.41, 5.74) is 4.84. The van der Waals surface area contributed by atoms with Crippen molar-refractivity contribution in [2.75, 3.05) is 16.8 Å². The van der Waals surface area contributed by atoms with E-state index in [1.807, 2.05) is 6.07 Å². The number of hydrogen-bond donors (Lipinski definition) is 1. The predicted octanol–water partition coefficient (Wildman–Crippen LogP) is 5.00. The molecule has 5 heteroatoms. The highest BCUT2D eigenvalue weighted by atomic mass is 15.3. The number of fused-ring (bicyclic) bond motifs is 1. The van der Waals surface area contributed by atoms with Crippen LogP contribution in [0.4, 0.5) is 23.1 Å². The van der Waals surface area contributed by atoms with Gasteiger partial charge in [-0.15, -0.1) is 5.10 Å². The molecule has 0 atom stereocenters. The van der Waals surface area contributed by atoms with Crippen molar-refractivity contribution in [2.45, 2.75) is 39.0 Å². The number of aromatic nitrogens is 3. The Morgan fingerprint density at radius 1 is 1.00 bits per heavy atom. The smallest absolute Gasteiger partial charge is 0.249 e. The molecule has 0 saturated heterocycles. The Hall–Kier alpha value is -2.95. The van der Waals surface area contributed by atoms with Crippen LogP contribution in [0.3, 0.4) is 0 Å². The maximum atomic E-state index is 4.75. The number of anilines is 4. The average molecular weight is 359 g/mol. The van der Waals surface area contributed by atoms with E-state index in [1.54, 1.807) is 6.20 Å². The van der Waals surface area contributed by atoms with Crippen molar-refractivity contribution in [2.24, 2.45) is 0 Å². The van der Waals surface area contributed by atoms with Crippen molar-refractivity contribution in [1.29, 1.82) is 0 Å². The first-order valence-corrected chi connectivity index (χ1v) is 9.44. The van der Waals surface area contributed by atoms with Crippen LogP contribution in [0.2, 0.25) is 0 Å². The summed E-state index contributed by atoms with van der Waals surface area (Å²) in [5, 5.41) is 11.8. The van der Waals surface area contributed by atoms with Crippen LogP contribution < -0.4 is 10.2 Å². The zero-order valence-electron chi connectivity index (χ0n) is 16.1. The monoisotopic (exact) mass is 359 g/mol. The van der Waals surface area contributed by atoms with Crippen LogP contribution in [0, 0.1) is 0 Å². The largest absolute Gasteiger partial charge is 0.325 e. The fourth-order valence-electron chi connectivity index (χ4n) is 3.62. The van der Waals surface area contributed by atoms with Crippen molar-refractivity contribution in [3.63, 3.8) is 0 Å². The SMILES string of the molecule is CC(C)(C)c1ccccc1Nc1nncc(N2CCCc3ccccc32)n1. The van der Waals surface area contributed by atoms with E-state index in [2.05, 4.69) is 83.6 Å². The van der Waals surface area contributed by atoms with E-state index in [9.17, 15) is 0 Å². The Balaban J connectivity index is 1.66. The molecule has 0 spiro atoms. The topological polar surface area (TPSA) is 53.9 Å². The van der Waals surface area contributed by atoms with Gasteiger partial charge in [0.15, 0.2) is 5.82 Å². The van der Waals surface area contributed by atoms with Gasteiger partial charge >= 0.3 is 0 Å². The van der Waals surface area contributed by atoms with Gasteiger partial charge in [0, 0.05) is 17.9 Å². The number of para-hydroxylation sites is 2. The second kappa shape index (κ2) is 6.99. The highest BCUT2D eigenvalue weighted by molar-refractivity contribution is 5.66. The molecule has 0 fully saturated rings. The molecule has 3 aromatic rings. The zero-order valence-corrected chi connectivity index (χ0v) is 16.1. The minimum atomic E-state index is 0.0282. The van der Waals surface area contributed by atoms with E-state index in [4.69, 9.17) is 4.98 Å². The lowest BCUT2D eigenvalue weighted by atomic mass is 9.86. The zero-order chi connectivity index (χ0) is 18.9. The van der Waals surface area contributed by atoms with E-state index < -0.39 is 0 Å². The molecule has 1 N–H and O–H groups in total. The third-order valence-electron chi connectivity index (χ3n) is 4.91. The minimum Gasteiger partial charge on any atom is -0.325 e. The van der Waals surface area contributed by atoms with Crippen LogP contribution in [0.5, 0.6) is 0 Å². The van der Waals surface area contributed by atoms with Crippen LogP contribution in [-0.2, 0) is 11.8 Å². The summed E-state index contributed by atoms with van der Waals surface area (Å²) < 4.78 is 0. The molecule has 0 amide bonds. The second-order valence-corrected chi connectivity index (χ2v) is 7.94. The van der Waals surface area contributed by atoms with E-state index >= 15 is 0 Å². The summed E-state index contributed by atoms with van der Waals surface area (Å²) in [6.45, 7) is 7.54. The Morgan fingerprint density at radius 2 is 1.78 bits per heavy atom. The molecule has 2 heterocycles. The molecule has 0 aliphatic carbocycles. The summed E-state index contributed by atoms with van der Waals surface area (Å²) in [4.78, 5) is 6.99. The van der Waals surface area contributed by atoms with Crippen molar-refractivity contribution >= 4 is 23.1 Å². The lowest BCUT2D eigenvalue weighted by molar-refractivity contribution is 0.592. The molecule has 138 valence electrons. The first-order chi connectivity index (χ1) is 13.0. The van der Waals surface area contributed by atoms with Gasteiger partial charge in [0.1, 0.15) is 0 Å². The van der Waals surface area contributed by atoms with Gasteiger partial charge < -0.3 is 10.2 Å². The lowest BCUT2D eigenvalue weighted by Gasteiger charge is -2.30. The lowest BCUT2D eigenvalue weighted by Crippen LogP contribution is -2.25. The van der Waals surface area contributed by atoms with Crippen LogP contribution in [-0.4, -0.2) is 21.7 Å². The molecule has 1 aliphatic rings.